The van der Waals surface area contributed by atoms with E-state index >= 15 is 0 Å². The summed E-state index contributed by atoms with van der Waals surface area (Å²) < 4.78 is 0. The van der Waals surface area contributed by atoms with Gasteiger partial charge in [-0.3, -0.25) is 4.90 Å². The highest BCUT2D eigenvalue weighted by Gasteiger charge is 2.31. The molecule has 0 heterocycles. The molecular formula is C15H30N2. The topological polar surface area (TPSA) is 29.3 Å². The SMILES string of the molecule is C=CCN(CC1(CN)CCCCCC1)C(C)C. The summed E-state index contributed by atoms with van der Waals surface area (Å²) in [6, 6.07) is 0.583. The van der Waals surface area contributed by atoms with Gasteiger partial charge in [-0.1, -0.05) is 31.8 Å². The van der Waals surface area contributed by atoms with Gasteiger partial charge in [-0.25, -0.2) is 0 Å². The average molecular weight is 238 g/mol. The summed E-state index contributed by atoms with van der Waals surface area (Å²) in [5.41, 5.74) is 6.46. The summed E-state index contributed by atoms with van der Waals surface area (Å²) >= 11 is 0. The molecule has 0 aliphatic heterocycles. The van der Waals surface area contributed by atoms with Crippen molar-refractivity contribution in [2.75, 3.05) is 19.6 Å². The monoisotopic (exact) mass is 238 g/mol. The van der Waals surface area contributed by atoms with Crippen molar-refractivity contribution in [3.05, 3.63) is 12.7 Å². The summed E-state index contributed by atoms with van der Waals surface area (Å²) in [7, 11) is 0. The molecule has 0 saturated heterocycles. The van der Waals surface area contributed by atoms with E-state index < -0.39 is 0 Å². The minimum atomic E-state index is 0.365. The molecular weight excluding hydrogens is 208 g/mol. The van der Waals surface area contributed by atoms with Crippen LogP contribution < -0.4 is 5.73 Å². The molecule has 0 aromatic heterocycles. The Labute approximate surface area is 107 Å². The first kappa shape index (κ1) is 14.7. The molecule has 1 rings (SSSR count). The van der Waals surface area contributed by atoms with Crippen LogP contribution in [0.2, 0.25) is 0 Å². The standard InChI is InChI=1S/C15H30N2/c1-4-11-17(14(2)3)13-15(12-16)9-7-5-6-8-10-15/h4,14H,1,5-13,16H2,2-3H3. The van der Waals surface area contributed by atoms with E-state index in [0.717, 1.165) is 19.6 Å². The molecule has 1 fully saturated rings. The first-order valence-corrected chi connectivity index (χ1v) is 7.18. The normalized spacial score (nSPS) is 20.5. The maximum absolute atomic E-state index is 6.10. The molecule has 0 radical (unpaired) electrons. The molecule has 2 nitrogen and oxygen atoms in total. The van der Waals surface area contributed by atoms with E-state index in [1.165, 1.54) is 38.5 Å². The van der Waals surface area contributed by atoms with Crippen LogP contribution in [0.5, 0.6) is 0 Å². The highest BCUT2D eigenvalue weighted by Crippen LogP contribution is 2.35. The molecule has 100 valence electrons. The number of nitrogens with zero attached hydrogens (tertiary/aromatic N) is 1. The van der Waals surface area contributed by atoms with E-state index in [-0.39, 0.29) is 0 Å². The molecule has 1 aliphatic rings. The van der Waals surface area contributed by atoms with E-state index in [1.807, 2.05) is 6.08 Å². The molecule has 0 unspecified atom stereocenters. The Morgan fingerprint density at radius 1 is 1.24 bits per heavy atom. The fourth-order valence-corrected chi connectivity index (χ4v) is 2.96. The molecule has 2 heteroatoms. The predicted octanol–water partition coefficient (Wildman–Crippen LogP) is 3.18. The minimum Gasteiger partial charge on any atom is -0.330 e. The van der Waals surface area contributed by atoms with Crippen LogP contribution in [0.4, 0.5) is 0 Å². The Kier molecular flexibility index (Phi) is 6.21. The quantitative estimate of drug-likeness (QED) is 0.569. The summed E-state index contributed by atoms with van der Waals surface area (Å²) in [4.78, 5) is 2.52. The predicted molar refractivity (Wildman–Crippen MR) is 76.1 cm³/mol. The third-order valence-electron chi connectivity index (χ3n) is 4.23. The lowest BCUT2D eigenvalue weighted by molar-refractivity contribution is 0.122. The van der Waals surface area contributed by atoms with Crippen molar-refractivity contribution in [2.24, 2.45) is 11.1 Å². The van der Waals surface area contributed by atoms with E-state index in [0.29, 0.717) is 11.5 Å². The second-order valence-corrected chi connectivity index (χ2v) is 5.93. The van der Waals surface area contributed by atoms with Crippen LogP contribution in [-0.2, 0) is 0 Å². The van der Waals surface area contributed by atoms with Crippen molar-refractivity contribution < 1.29 is 0 Å². The third kappa shape index (κ3) is 4.44. The summed E-state index contributed by atoms with van der Waals surface area (Å²) in [6.45, 7) is 11.4. The van der Waals surface area contributed by atoms with Crippen LogP contribution in [0.15, 0.2) is 12.7 Å². The largest absolute Gasteiger partial charge is 0.330 e. The van der Waals surface area contributed by atoms with Gasteiger partial charge >= 0.3 is 0 Å². The molecule has 2 N–H and O–H groups in total. The zero-order valence-electron chi connectivity index (χ0n) is 11.8. The van der Waals surface area contributed by atoms with Crippen LogP contribution in [0.3, 0.4) is 0 Å². The van der Waals surface area contributed by atoms with E-state index in [4.69, 9.17) is 5.73 Å². The van der Waals surface area contributed by atoms with Gasteiger partial charge in [-0.2, -0.15) is 0 Å². The summed E-state index contributed by atoms with van der Waals surface area (Å²) in [6.07, 6.45) is 10.1. The van der Waals surface area contributed by atoms with Crippen LogP contribution in [0.1, 0.15) is 52.4 Å². The molecule has 0 aromatic rings. The van der Waals surface area contributed by atoms with Crippen LogP contribution in [0, 0.1) is 5.41 Å². The van der Waals surface area contributed by atoms with Crippen molar-refractivity contribution >= 4 is 0 Å². The van der Waals surface area contributed by atoms with Crippen LogP contribution >= 0.6 is 0 Å². The molecule has 0 spiro atoms. The van der Waals surface area contributed by atoms with Gasteiger partial charge in [-0.05, 0) is 38.6 Å². The molecule has 0 atom stereocenters. The molecule has 0 aromatic carbocycles. The lowest BCUT2D eigenvalue weighted by atomic mass is 9.79. The van der Waals surface area contributed by atoms with Gasteiger partial charge in [0.15, 0.2) is 0 Å². The van der Waals surface area contributed by atoms with Crippen LogP contribution in [0.25, 0.3) is 0 Å². The van der Waals surface area contributed by atoms with Crippen molar-refractivity contribution in [3.8, 4) is 0 Å². The van der Waals surface area contributed by atoms with E-state index in [9.17, 15) is 0 Å². The number of nitrogens with two attached hydrogens (primary N) is 1. The van der Waals surface area contributed by atoms with Gasteiger partial charge in [0.25, 0.3) is 0 Å². The zero-order chi connectivity index (χ0) is 12.7. The average Bonchev–Trinajstić information content (AvgIpc) is 2.54. The van der Waals surface area contributed by atoms with Crippen molar-refractivity contribution in [2.45, 2.75) is 58.4 Å². The second kappa shape index (κ2) is 7.17. The Balaban J connectivity index is 2.66. The Hall–Kier alpha value is -0.340. The lowest BCUT2D eigenvalue weighted by Crippen LogP contribution is -2.45. The van der Waals surface area contributed by atoms with Crippen molar-refractivity contribution in [3.63, 3.8) is 0 Å². The van der Waals surface area contributed by atoms with Gasteiger partial charge in [0.05, 0.1) is 0 Å². The summed E-state index contributed by atoms with van der Waals surface area (Å²) in [5.74, 6) is 0. The Bertz CT molecular complexity index is 215. The molecule has 0 bridgehead atoms. The van der Waals surface area contributed by atoms with Crippen molar-refractivity contribution in [1.29, 1.82) is 0 Å². The first-order valence-electron chi connectivity index (χ1n) is 7.18. The first-order chi connectivity index (χ1) is 8.13. The third-order valence-corrected chi connectivity index (χ3v) is 4.23. The van der Waals surface area contributed by atoms with Gasteiger partial charge in [0, 0.05) is 19.1 Å². The maximum atomic E-state index is 6.10. The highest BCUT2D eigenvalue weighted by molar-refractivity contribution is 4.88. The number of hydrogen-bond donors (Lipinski definition) is 1. The maximum Gasteiger partial charge on any atom is 0.0163 e. The highest BCUT2D eigenvalue weighted by atomic mass is 15.1. The number of hydrogen-bond acceptors (Lipinski definition) is 2. The van der Waals surface area contributed by atoms with Gasteiger partial charge in [0.1, 0.15) is 0 Å². The second-order valence-electron chi connectivity index (χ2n) is 5.93. The fourth-order valence-electron chi connectivity index (χ4n) is 2.96. The molecule has 1 aliphatic carbocycles. The Morgan fingerprint density at radius 3 is 2.24 bits per heavy atom. The zero-order valence-corrected chi connectivity index (χ0v) is 11.8. The van der Waals surface area contributed by atoms with Gasteiger partial charge in [-0.15, -0.1) is 6.58 Å². The van der Waals surface area contributed by atoms with E-state index in [1.54, 1.807) is 0 Å². The van der Waals surface area contributed by atoms with Crippen LogP contribution in [-0.4, -0.2) is 30.6 Å². The van der Waals surface area contributed by atoms with Gasteiger partial charge < -0.3 is 5.73 Å². The lowest BCUT2D eigenvalue weighted by Gasteiger charge is -2.38. The molecule has 17 heavy (non-hydrogen) atoms. The minimum absolute atomic E-state index is 0.365. The molecule has 1 saturated carbocycles. The van der Waals surface area contributed by atoms with Crippen molar-refractivity contribution in [1.82, 2.24) is 4.90 Å². The van der Waals surface area contributed by atoms with Gasteiger partial charge in [0.2, 0.25) is 0 Å². The smallest absolute Gasteiger partial charge is 0.0163 e. The fraction of sp³-hybridized carbons (Fsp3) is 0.867. The molecule has 0 amide bonds. The summed E-state index contributed by atoms with van der Waals surface area (Å²) in [5, 5.41) is 0. The Morgan fingerprint density at radius 2 is 1.82 bits per heavy atom. The van der Waals surface area contributed by atoms with E-state index in [2.05, 4.69) is 25.3 Å². The number of rotatable bonds is 6.